The minimum Gasteiger partial charge on any atom is -0.319 e. The number of hydrogen-bond donors (Lipinski definition) is 1. The molecule has 1 aromatic carbocycles. The maximum Gasteiger partial charge on any atom is 0.248 e. The quantitative estimate of drug-likeness (QED) is 0.606. The van der Waals surface area contributed by atoms with E-state index >= 15 is 0 Å². The first kappa shape index (κ1) is 15.6. The van der Waals surface area contributed by atoms with Crippen LogP contribution in [0.15, 0.2) is 59.7 Å². The molecule has 5 nitrogen and oxygen atoms in total. The summed E-state index contributed by atoms with van der Waals surface area (Å²) in [5, 5.41) is 0.448. The minimum absolute atomic E-state index is 0.135. The molecule has 3 heterocycles. The maximum absolute atomic E-state index is 14.2. The van der Waals surface area contributed by atoms with Crippen LogP contribution < -0.4 is 5.56 Å². The van der Waals surface area contributed by atoms with Crippen molar-refractivity contribution in [2.24, 2.45) is 0 Å². The molecule has 0 aliphatic heterocycles. The van der Waals surface area contributed by atoms with Crippen LogP contribution in [0.4, 0.5) is 8.78 Å². The van der Waals surface area contributed by atoms with Crippen LogP contribution in [0.3, 0.4) is 0 Å². The average molecular weight is 362 g/mol. The van der Waals surface area contributed by atoms with Crippen LogP contribution >= 0.6 is 0 Å². The molecule has 0 spiro atoms. The lowest BCUT2D eigenvalue weighted by molar-refractivity contribution is 0.515. The van der Waals surface area contributed by atoms with Crippen molar-refractivity contribution in [3.8, 4) is 0 Å². The summed E-state index contributed by atoms with van der Waals surface area (Å²) in [6.45, 7) is 0.272. The number of fused-ring (bicyclic) bond motifs is 2. The number of halogens is 2. The van der Waals surface area contributed by atoms with Crippen molar-refractivity contribution in [2.45, 2.75) is 6.54 Å². The average Bonchev–Trinajstić information content (AvgIpc) is 2.95. The molecule has 27 heavy (non-hydrogen) atoms. The van der Waals surface area contributed by atoms with Gasteiger partial charge >= 0.3 is 0 Å². The molecule has 3 aromatic heterocycles. The van der Waals surface area contributed by atoms with Crippen LogP contribution in [0.5, 0.6) is 0 Å². The van der Waals surface area contributed by atoms with Gasteiger partial charge in [-0.3, -0.25) is 9.78 Å². The highest BCUT2D eigenvalue weighted by molar-refractivity contribution is 5.87. The third-order valence-electron chi connectivity index (χ3n) is 4.70. The third-order valence-corrected chi connectivity index (χ3v) is 4.70. The molecule has 4 aromatic rings. The van der Waals surface area contributed by atoms with Gasteiger partial charge in [-0.25, -0.2) is 13.8 Å². The van der Waals surface area contributed by atoms with Gasteiger partial charge in [-0.2, -0.15) is 0 Å². The van der Waals surface area contributed by atoms with Crippen molar-refractivity contribution < 1.29 is 8.78 Å². The van der Waals surface area contributed by atoms with E-state index in [0.717, 1.165) is 22.9 Å². The van der Waals surface area contributed by atoms with Crippen LogP contribution in [0.1, 0.15) is 11.3 Å². The number of aromatic amines is 1. The zero-order valence-electron chi connectivity index (χ0n) is 13.9. The second-order valence-corrected chi connectivity index (χ2v) is 6.30. The Hall–Kier alpha value is -3.61. The Bertz CT molecular complexity index is 1350. The number of aromatic nitrogens is 4. The molecule has 0 saturated heterocycles. The first-order valence-electron chi connectivity index (χ1n) is 8.31. The Balaban J connectivity index is 1.75. The van der Waals surface area contributed by atoms with Gasteiger partial charge in [0.05, 0.1) is 17.8 Å². The van der Waals surface area contributed by atoms with Gasteiger partial charge in [0.25, 0.3) is 0 Å². The van der Waals surface area contributed by atoms with Crippen LogP contribution in [-0.4, -0.2) is 19.5 Å². The monoisotopic (exact) mass is 362 g/mol. The van der Waals surface area contributed by atoms with E-state index in [-0.39, 0.29) is 12.1 Å². The smallest absolute Gasteiger partial charge is 0.248 e. The number of benzene rings is 1. The van der Waals surface area contributed by atoms with E-state index in [1.54, 1.807) is 12.4 Å². The standard InChI is InChI=1S/C20H12F2N4O/c21-14-5-4-13-12(8-17(27)25-19(13)18(14)22)10-26-16(11-2-1-3-11)9-15-20(26)24-7-6-23-15/h1-9H,10H2,(H,25,27). The predicted molar refractivity (Wildman–Crippen MR) is 98.2 cm³/mol. The fraction of sp³-hybridized carbons (Fsp3) is 0.0500. The molecular formula is C20H12F2N4O. The second-order valence-electron chi connectivity index (χ2n) is 6.30. The molecule has 1 N–H and O–H groups in total. The molecule has 0 atom stereocenters. The molecule has 0 fully saturated rings. The lowest BCUT2D eigenvalue weighted by Gasteiger charge is -2.14. The molecule has 0 amide bonds. The normalized spacial score (nSPS) is 13.2. The molecular weight excluding hydrogens is 350 g/mol. The first-order chi connectivity index (χ1) is 13.1. The first-order valence-corrected chi connectivity index (χ1v) is 8.31. The van der Waals surface area contributed by atoms with Crippen LogP contribution in [0.25, 0.3) is 27.6 Å². The van der Waals surface area contributed by atoms with Crippen molar-refractivity contribution in [1.29, 1.82) is 0 Å². The maximum atomic E-state index is 14.2. The Morgan fingerprint density at radius 2 is 1.93 bits per heavy atom. The Morgan fingerprint density at radius 3 is 2.70 bits per heavy atom. The number of nitrogens with one attached hydrogen (secondary N) is 1. The van der Waals surface area contributed by atoms with Gasteiger partial charge < -0.3 is 9.55 Å². The Labute approximate surface area is 151 Å². The van der Waals surface area contributed by atoms with Crippen molar-refractivity contribution in [3.63, 3.8) is 0 Å². The summed E-state index contributed by atoms with van der Waals surface area (Å²) < 4.78 is 29.7. The lowest BCUT2D eigenvalue weighted by Crippen LogP contribution is -2.12. The van der Waals surface area contributed by atoms with E-state index in [2.05, 4.69) is 15.0 Å². The van der Waals surface area contributed by atoms with E-state index in [0.29, 0.717) is 16.6 Å². The van der Waals surface area contributed by atoms with Gasteiger partial charge in [-0.05, 0) is 29.3 Å². The number of allylic oxidation sites excluding steroid dienone is 4. The van der Waals surface area contributed by atoms with E-state index < -0.39 is 17.2 Å². The fourth-order valence-corrected chi connectivity index (χ4v) is 3.37. The summed E-state index contributed by atoms with van der Waals surface area (Å²) in [5.74, 6) is -2.06. The van der Waals surface area contributed by atoms with Gasteiger partial charge in [0.1, 0.15) is 5.52 Å². The summed E-state index contributed by atoms with van der Waals surface area (Å²) in [7, 11) is 0. The molecule has 1 aliphatic rings. The molecule has 0 bridgehead atoms. The lowest BCUT2D eigenvalue weighted by atomic mass is 10.0. The summed E-state index contributed by atoms with van der Waals surface area (Å²) in [5.41, 5.74) is 3.24. The highest BCUT2D eigenvalue weighted by Gasteiger charge is 2.17. The van der Waals surface area contributed by atoms with Crippen LogP contribution in [0, 0.1) is 11.6 Å². The van der Waals surface area contributed by atoms with E-state index in [1.807, 2.05) is 28.9 Å². The second kappa shape index (κ2) is 5.70. The zero-order chi connectivity index (χ0) is 18.5. The van der Waals surface area contributed by atoms with Crippen molar-refractivity contribution in [3.05, 3.63) is 88.1 Å². The van der Waals surface area contributed by atoms with Gasteiger partial charge in [-0.1, -0.05) is 18.2 Å². The van der Waals surface area contributed by atoms with Crippen LogP contribution in [0.2, 0.25) is 0 Å². The van der Waals surface area contributed by atoms with Crippen molar-refractivity contribution in [2.75, 3.05) is 0 Å². The number of hydrogen-bond acceptors (Lipinski definition) is 3. The van der Waals surface area contributed by atoms with E-state index in [9.17, 15) is 13.6 Å². The summed E-state index contributed by atoms with van der Waals surface area (Å²) >= 11 is 0. The zero-order valence-corrected chi connectivity index (χ0v) is 13.9. The van der Waals surface area contributed by atoms with Gasteiger partial charge in [-0.15, -0.1) is 0 Å². The number of rotatable bonds is 3. The topological polar surface area (TPSA) is 63.6 Å². The van der Waals surface area contributed by atoms with Crippen molar-refractivity contribution in [1.82, 2.24) is 19.5 Å². The summed E-state index contributed by atoms with van der Waals surface area (Å²) in [6, 6.07) is 5.85. The largest absolute Gasteiger partial charge is 0.319 e. The molecule has 0 saturated carbocycles. The van der Waals surface area contributed by atoms with Gasteiger partial charge in [0.15, 0.2) is 17.3 Å². The molecule has 1 aliphatic carbocycles. The van der Waals surface area contributed by atoms with Gasteiger partial charge in [0, 0.05) is 23.8 Å². The molecule has 132 valence electrons. The Kier molecular flexibility index (Phi) is 3.30. The molecule has 7 heteroatoms. The number of nitrogens with zero attached hydrogens (tertiary/aromatic N) is 3. The SMILES string of the molecule is O=c1cc(Cn2c(C3=CC=C3)cc3nccnc32)c2ccc(F)c(F)c2[nH]1. The molecule has 5 rings (SSSR count). The van der Waals surface area contributed by atoms with E-state index in [1.165, 1.54) is 12.1 Å². The van der Waals surface area contributed by atoms with E-state index in [4.69, 9.17) is 0 Å². The number of pyridine rings is 1. The minimum atomic E-state index is -1.06. The summed E-state index contributed by atoms with van der Waals surface area (Å²) in [4.78, 5) is 23.2. The fourth-order valence-electron chi connectivity index (χ4n) is 3.37. The molecule has 0 unspecified atom stereocenters. The Morgan fingerprint density at radius 1 is 1.11 bits per heavy atom. The van der Waals surface area contributed by atoms with Crippen molar-refractivity contribution >= 4 is 27.6 Å². The predicted octanol–water partition coefficient (Wildman–Crippen LogP) is 3.55. The van der Waals surface area contributed by atoms with Crippen LogP contribution in [-0.2, 0) is 6.54 Å². The number of H-pyrrole nitrogens is 1. The third kappa shape index (κ3) is 2.39. The van der Waals surface area contributed by atoms with Gasteiger partial charge in [0.2, 0.25) is 5.56 Å². The summed E-state index contributed by atoms with van der Waals surface area (Å²) in [6.07, 6.45) is 9.07. The highest BCUT2D eigenvalue weighted by Crippen LogP contribution is 2.29. The molecule has 0 radical (unpaired) electrons. The highest BCUT2D eigenvalue weighted by atomic mass is 19.2.